The van der Waals surface area contributed by atoms with E-state index in [2.05, 4.69) is 0 Å². The molecule has 1 aromatic carbocycles. The van der Waals surface area contributed by atoms with E-state index >= 15 is 0 Å². The fraction of sp³-hybridized carbons (Fsp3) is 0.591. The molecule has 0 radical (unpaired) electrons. The summed E-state index contributed by atoms with van der Waals surface area (Å²) in [5.74, 6) is -0.357. The third kappa shape index (κ3) is 5.36. The highest BCUT2D eigenvalue weighted by atomic mass is 32.2. The fourth-order valence-electron chi connectivity index (χ4n) is 4.24. The van der Waals surface area contributed by atoms with Crippen molar-refractivity contribution in [2.45, 2.75) is 57.8 Å². The Kier molecular flexibility index (Phi) is 7.15. The van der Waals surface area contributed by atoms with Gasteiger partial charge in [0.2, 0.25) is 0 Å². The summed E-state index contributed by atoms with van der Waals surface area (Å²) >= 11 is -2.57. The van der Waals surface area contributed by atoms with Crippen LogP contribution in [-0.4, -0.2) is 79.3 Å². The van der Waals surface area contributed by atoms with Crippen LogP contribution in [0.25, 0.3) is 0 Å². The van der Waals surface area contributed by atoms with Crippen LogP contribution in [0.1, 0.15) is 50.8 Å². The van der Waals surface area contributed by atoms with Gasteiger partial charge in [-0.15, -0.1) is 0 Å². The highest BCUT2D eigenvalue weighted by Crippen LogP contribution is 2.39. The van der Waals surface area contributed by atoms with Gasteiger partial charge in [-0.05, 0) is 46.1 Å². The third-order valence-corrected chi connectivity index (χ3v) is 6.37. The zero-order valence-electron chi connectivity index (χ0n) is 19.6. The Bertz CT molecular complexity index is 936. The van der Waals surface area contributed by atoms with Crippen molar-refractivity contribution in [2.24, 2.45) is 0 Å². The molecule has 182 valence electrons. The molecule has 1 aromatic rings. The molecule has 2 aliphatic heterocycles. The Morgan fingerprint density at radius 2 is 1.76 bits per heavy atom. The fourth-order valence-corrected chi connectivity index (χ4v) is 4.61. The second-order valence-corrected chi connectivity index (χ2v) is 10.1. The van der Waals surface area contributed by atoms with Crippen LogP contribution in [0.2, 0.25) is 0 Å². The standard InChI is InChI=1S/C22H31N3O7S/c1-15-6-8-16(9-7-15)17(32-33(29)30)14-25-19(27)23(5)18(26)22(25)10-12-24(13-11-22)20(28)31-21(2,3)4/h6-9,17H,10-14H2,1-5H3,(H,29,30). The van der Waals surface area contributed by atoms with Crippen LogP contribution in [0.15, 0.2) is 24.3 Å². The van der Waals surface area contributed by atoms with Crippen molar-refractivity contribution in [3.63, 3.8) is 0 Å². The molecule has 2 heterocycles. The van der Waals surface area contributed by atoms with E-state index in [0.29, 0.717) is 5.56 Å². The van der Waals surface area contributed by atoms with Gasteiger partial charge in [0.1, 0.15) is 17.2 Å². The number of hydrogen-bond donors (Lipinski definition) is 1. The number of likely N-dealkylation sites (N-methyl/N-ethyl adjacent to an activating group) is 1. The summed E-state index contributed by atoms with van der Waals surface area (Å²) in [6.07, 6.45) is -0.931. The van der Waals surface area contributed by atoms with E-state index in [9.17, 15) is 23.1 Å². The number of rotatable bonds is 5. The average Bonchev–Trinajstić information content (AvgIpc) is 2.89. The molecule has 0 bridgehead atoms. The van der Waals surface area contributed by atoms with Crippen molar-refractivity contribution in [3.05, 3.63) is 35.4 Å². The number of likely N-dealkylation sites (tertiary alicyclic amines) is 1. The van der Waals surface area contributed by atoms with E-state index in [1.54, 1.807) is 32.9 Å². The lowest BCUT2D eigenvalue weighted by molar-refractivity contribution is -0.135. The Morgan fingerprint density at radius 3 is 2.27 bits per heavy atom. The Hall–Kier alpha value is -2.50. The van der Waals surface area contributed by atoms with Crippen molar-refractivity contribution >= 4 is 29.4 Å². The normalized spacial score (nSPS) is 20.4. The van der Waals surface area contributed by atoms with Crippen LogP contribution in [0.5, 0.6) is 0 Å². The van der Waals surface area contributed by atoms with Crippen LogP contribution >= 0.6 is 0 Å². The van der Waals surface area contributed by atoms with Crippen molar-refractivity contribution in [1.82, 2.24) is 14.7 Å². The molecule has 10 nitrogen and oxygen atoms in total. The lowest BCUT2D eigenvalue weighted by Crippen LogP contribution is -2.58. The third-order valence-electron chi connectivity index (χ3n) is 5.98. The summed E-state index contributed by atoms with van der Waals surface area (Å²) < 4.78 is 31.5. The molecule has 33 heavy (non-hydrogen) atoms. The monoisotopic (exact) mass is 481 g/mol. The number of carbonyl (C=O) groups is 3. The molecule has 2 saturated heterocycles. The van der Waals surface area contributed by atoms with Crippen molar-refractivity contribution in [2.75, 3.05) is 26.7 Å². The van der Waals surface area contributed by atoms with Gasteiger partial charge in [0.25, 0.3) is 5.91 Å². The van der Waals surface area contributed by atoms with E-state index in [1.165, 1.54) is 16.8 Å². The van der Waals surface area contributed by atoms with Gasteiger partial charge in [-0.1, -0.05) is 29.8 Å². The molecule has 2 atom stereocenters. The van der Waals surface area contributed by atoms with Crippen molar-refractivity contribution in [1.29, 1.82) is 0 Å². The van der Waals surface area contributed by atoms with Gasteiger partial charge in [-0.25, -0.2) is 9.59 Å². The number of piperidine rings is 1. The predicted molar refractivity (Wildman–Crippen MR) is 120 cm³/mol. The first-order chi connectivity index (χ1) is 15.3. The molecular weight excluding hydrogens is 450 g/mol. The maximum atomic E-state index is 13.2. The quantitative estimate of drug-likeness (QED) is 0.508. The van der Waals surface area contributed by atoms with E-state index in [-0.39, 0.29) is 38.4 Å². The smallest absolute Gasteiger partial charge is 0.410 e. The summed E-state index contributed by atoms with van der Waals surface area (Å²) in [6.45, 7) is 7.64. The summed E-state index contributed by atoms with van der Waals surface area (Å²) in [7, 11) is 1.42. The van der Waals surface area contributed by atoms with Gasteiger partial charge in [-0.2, -0.15) is 4.21 Å². The number of hydrogen-bond acceptors (Lipinski definition) is 6. The highest BCUT2D eigenvalue weighted by Gasteiger charge is 2.57. The summed E-state index contributed by atoms with van der Waals surface area (Å²) in [5.41, 5.74) is -0.191. The lowest BCUT2D eigenvalue weighted by Gasteiger charge is -2.43. The molecule has 1 N–H and O–H groups in total. The van der Waals surface area contributed by atoms with Gasteiger partial charge in [0.05, 0.1) is 6.54 Å². The highest BCUT2D eigenvalue weighted by molar-refractivity contribution is 7.74. The number of imide groups is 1. The Morgan fingerprint density at radius 1 is 1.18 bits per heavy atom. The average molecular weight is 482 g/mol. The Balaban J connectivity index is 1.84. The minimum absolute atomic E-state index is 0.0866. The first-order valence-electron chi connectivity index (χ1n) is 10.8. The van der Waals surface area contributed by atoms with Crippen LogP contribution in [0, 0.1) is 6.92 Å². The number of benzene rings is 1. The summed E-state index contributed by atoms with van der Waals surface area (Å²) in [5, 5.41) is 0. The van der Waals surface area contributed by atoms with Gasteiger partial charge in [0.15, 0.2) is 0 Å². The van der Waals surface area contributed by atoms with E-state index in [4.69, 9.17) is 8.92 Å². The minimum Gasteiger partial charge on any atom is -0.444 e. The molecule has 0 aromatic heterocycles. The summed E-state index contributed by atoms with van der Waals surface area (Å²) in [4.78, 5) is 42.7. The SMILES string of the molecule is Cc1ccc(C(CN2C(=O)N(C)C(=O)C23CCN(C(=O)OC(C)(C)C)CC3)OS(=O)O)cc1. The molecule has 0 saturated carbocycles. The molecule has 2 aliphatic rings. The number of ether oxygens (including phenoxy) is 1. The van der Waals surface area contributed by atoms with Crippen LogP contribution in [-0.2, 0) is 25.1 Å². The number of urea groups is 1. The van der Waals surface area contributed by atoms with Crippen LogP contribution in [0.4, 0.5) is 9.59 Å². The predicted octanol–water partition coefficient (Wildman–Crippen LogP) is 2.85. The molecule has 11 heteroatoms. The van der Waals surface area contributed by atoms with Gasteiger partial charge >= 0.3 is 23.5 Å². The molecule has 0 aliphatic carbocycles. The molecule has 2 unspecified atom stereocenters. The molecule has 1 spiro atoms. The van der Waals surface area contributed by atoms with E-state index in [1.807, 2.05) is 19.1 Å². The minimum atomic E-state index is -2.57. The number of amides is 4. The van der Waals surface area contributed by atoms with E-state index in [0.717, 1.165) is 10.5 Å². The van der Waals surface area contributed by atoms with Crippen LogP contribution < -0.4 is 0 Å². The van der Waals surface area contributed by atoms with E-state index < -0.39 is 40.7 Å². The first-order valence-corrected chi connectivity index (χ1v) is 11.8. The zero-order chi connectivity index (χ0) is 24.6. The summed E-state index contributed by atoms with van der Waals surface area (Å²) in [6, 6.07) is 6.69. The van der Waals surface area contributed by atoms with Gasteiger partial charge in [-0.3, -0.25) is 18.4 Å². The van der Waals surface area contributed by atoms with Crippen molar-refractivity contribution in [3.8, 4) is 0 Å². The number of carbonyl (C=O) groups excluding carboxylic acids is 3. The van der Waals surface area contributed by atoms with Crippen LogP contribution in [0.3, 0.4) is 0 Å². The molecule has 3 rings (SSSR count). The Labute approximate surface area is 196 Å². The second kappa shape index (κ2) is 9.40. The molecule has 2 fully saturated rings. The topological polar surface area (TPSA) is 117 Å². The van der Waals surface area contributed by atoms with Crippen molar-refractivity contribution < 1.29 is 32.1 Å². The van der Waals surface area contributed by atoms with Gasteiger partial charge in [0, 0.05) is 20.1 Å². The first kappa shape index (κ1) is 25.1. The number of aryl methyl sites for hydroxylation is 1. The molecule has 4 amide bonds. The second-order valence-electron chi connectivity index (χ2n) is 9.47. The van der Waals surface area contributed by atoms with Gasteiger partial charge < -0.3 is 14.5 Å². The zero-order valence-corrected chi connectivity index (χ0v) is 20.4. The maximum absolute atomic E-state index is 13.2. The largest absolute Gasteiger partial charge is 0.444 e. The molecular formula is C22H31N3O7S. The lowest BCUT2D eigenvalue weighted by atomic mass is 9.85. The maximum Gasteiger partial charge on any atom is 0.410 e. The number of nitrogens with zero attached hydrogens (tertiary/aromatic N) is 3.